The lowest BCUT2D eigenvalue weighted by molar-refractivity contribution is 0.102. The summed E-state index contributed by atoms with van der Waals surface area (Å²) in [6.07, 6.45) is -0.675. The predicted octanol–water partition coefficient (Wildman–Crippen LogP) is 6.35. The number of ether oxygens (including phenoxy) is 3. The number of anilines is 1. The number of rotatable bonds is 10. The van der Waals surface area contributed by atoms with Crippen molar-refractivity contribution in [3.8, 4) is 23.0 Å². The quantitative estimate of drug-likeness (QED) is 0.163. The Bertz CT molecular complexity index is 1700. The maximum absolute atomic E-state index is 13.2. The van der Waals surface area contributed by atoms with E-state index in [0.717, 1.165) is 0 Å². The van der Waals surface area contributed by atoms with Crippen molar-refractivity contribution in [1.82, 2.24) is 0 Å². The first kappa shape index (κ1) is 29.3. The molecule has 41 heavy (non-hydrogen) atoms. The number of azo groups is 1. The lowest BCUT2D eigenvalue weighted by Gasteiger charge is -2.15. The van der Waals surface area contributed by atoms with E-state index in [0.29, 0.717) is 34.0 Å². The van der Waals surface area contributed by atoms with E-state index in [9.17, 15) is 18.3 Å². The Kier molecular flexibility index (Phi) is 8.74. The van der Waals surface area contributed by atoms with Gasteiger partial charge < -0.3 is 24.6 Å². The van der Waals surface area contributed by atoms with E-state index in [2.05, 4.69) is 15.5 Å². The number of fused-ring (bicyclic) bond motifs is 1. The van der Waals surface area contributed by atoms with Crippen LogP contribution in [0.2, 0.25) is 0 Å². The van der Waals surface area contributed by atoms with Crippen molar-refractivity contribution < 1.29 is 36.7 Å². The molecule has 4 aromatic rings. The first-order chi connectivity index (χ1) is 19.6. The molecular weight excluding hydrogens is 550 g/mol. The Labute approximate surface area is 237 Å². The van der Waals surface area contributed by atoms with Gasteiger partial charge in [0.2, 0.25) is 0 Å². The molecule has 2 N–H and O–H groups in total. The van der Waals surface area contributed by atoms with E-state index in [-0.39, 0.29) is 21.5 Å². The summed E-state index contributed by atoms with van der Waals surface area (Å²) in [5, 5.41) is 22.7. The molecule has 0 aliphatic heterocycles. The van der Waals surface area contributed by atoms with Crippen LogP contribution in [0, 0.1) is 0 Å². The van der Waals surface area contributed by atoms with Crippen LogP contribution in [0.3, 0.4) is 0 Å². The SMILES string of the molecule is COc1ccc(N=Nc2c(S(=O)(=O)OC(C)C)cc3cc(NC(=O)c4c(OC)cccc4OC)ccc3c2O)cc1. The van der Waals surface area contributed by atoms with Crippen LogP contribution in [0.1, 0.15) is 24.2 Å². The first-order valence-corrected chi connectivity index (χ1v) is 13.8. The molecule has 0 spiro atoms. The number of amides is 1. The number of hydrogen-bond acceptors (Lipinski definition) is 10. The van der Waals surface area contributed by atoms with E-state index in [1.54, 1.807) is 62.4 Å². The number of hydrogen-bond donors (Lipinski definition) is 2. The average Bonchev–Trinajstić information content (AvgIpc) is 2.95. The molecule has 4 rings (SSSR count). The van der Waals surface area contributed by atoms with Gasteiger partial charge in [-0.3, -0.25) is 8.98 Å². The summed E-state index contributed by atoms with van der Waals surface area (Å²) in [7, 11) is 0.0384. The Morgan fingerprint density at radius 3 is 2.12 bits per heavy atom. The smallest absolute Gasteiger partial charge is 0.299 e. The van der Waals surface area contributed by atoms with Gasteiger partial charge in [0.15, 0.2) is 5.75 Å². The molecule has 0 unspecified atom stereocenters. The molecule has 214 valence electrons. The highest BCUT2D eigenvalue weighted by molar-refractivity contribution is 7.87. The molecular formula is C29H29N3O8S. The van der Waals surface area contributed by atoms with Gasteiger partial charge in [-0.2, -0.15) is 13.5 Å². The second-order valence-corrected chi connectivity index (χ2v) is 10.5. The van der Waals surface area contributed by atoms with E-state index in [4.69, 9.17) is 18.4 Å². The Balaban J connectivity index is 1.80. The topological polar surface area (TPSA) is 145 Å². The zero-order valence-electron chi connectivity index (χ0n) is 23.0. The van der Waals surface area contributed by atoms with Gasteiger partial charge in [-0.15, -0.1) is 5.11 Å². The summed E-state index contributed by atoms with van der Waals surface area (Å²) < 4.78 is 47.4. The minimum absolute atomic E-state index is 0.184. The number of aromatic hydroxyl groups is 1. The molecule has 0 radical (unpaired) electrons. The molecule has 0 saturated heterocycles. The highest BCUT2D eigenvalue weighted by atomic mass is 32.2. The maximum atomic E-state index is 13.2. The molecule has 0 saturated carbocycles. The Morgan fingerprint density at radius 2 is 1.54 bits per heavy atom. The van der Waals surface area contributed by atoms with Gasteiger partial charge in [-0.05, 0) is 79.9 Å². The third kappa shape index (κ3) is 6.39. The highest BCUT2D eigenvalue weighted by Crippen LogP contribution is 2.43. The molecule has 4 aromatic carbocycles. The number of nitrogens with zero attached hydrogens (tertiary/aromatic N) is 2. The molecule has 0 aliphatic rings. The monoisotopic (exact) mass is 579 g/mol. The van der Waals surface area contributed by atoms with Gasteiger partial charge >= 0.3 is 0 Å². The van der Waals surface area contributed by atoms with Gasteiger partial charge in [-0.25, -0.2) is 0 Å². The summed E-state index contributed by atoms with van der Waals surface area (Å²) in [5.41, 5.74) is 0.631. The fraction of sp³-hybridized carbons (Fsp3) is 0.207. The van der Waals surface area contributed by atoms with Gasteiger partial charge in [0.25, 0.3) is 16.0 Å². The average molecular weight is 580 g/mol. The molecule has 0 aliphatic carbocycles. The van der Waals surface area contributed by atoms with E-state index in [1.807, 2.05) is 0 Å². The highest BCUT2D eigenvalue weighted by Gasteiger charge is 2.26. The number of phenolic OH excluding ortho intramolecular Hbond substituents is 1. The minimum atomic E-state index is -4.37. The Hall–Kier alpha value is -4.68. The number of phenols is 1. The van der Waals surface area contributed by atoms with Crippen molar-refractivity contribution in [3.63, 3.8) is 0 Å². The molecule has 1 amide bonds. The third-order valence-corrected chi connectivity index (χ3v) is 7.38. The summed E-state index contributed by atoms with van der Waals surface area (Å²) in [6.45, 7) is 3.13. The van der Waals surface area contributed by atoms with Crippen LogP contribution in [-0.2, 0) is 14.3 Å². The van der Waals surface area contributed by atoms with Crippen molar-refractivity contribution in [2.45, 2.75) is 24.8 Å². The van der Waals surface area contributed by atoms with Gasteiger partial charge in [0.05, 0.1) is 33.1 Å². The van der Waals surface area contributed by atoms with Crippen molar-refractivity contribution in [2.75, 3.05) is 26.6 Å². The summed E-state index contributed by atoms with van der Waals surface area (Å²) in [4.78, 5) is 12.8. The van der Waals surface area contributed by atoms with E-state index in [1.165, 1.54) is 39.5 Å². The molecule has 0 atom stereocenters. The second kappa shape index (κ2) is 12.2. The number of methoxy groups -OCH3 is 3. The fourth-order valence-electron chi connectivity index (χ4n) is 4.05. The normalized spacial score (nSPS) is 11.7. The third-order valence-electron chi connectivity index (χ3n) is 5.89. The lowest BCUT2D eigenvalue weighted by atomic mass is 10.1. The van der Waals surface area contributed by atoms with Crippen LogP contribution in [-0.4, -0.2) is 46.9 Å². The van der Waals surface area contributed by atoms with Gasteiger partial charge in [0.1, 0.15) is 33.4 Å². The van der Waals surface area contributed by atoms with Crippen LogP contribution >= 0.6 is 0 Å². The van der Waals surface area contributed by atoms with Crippen LogP contribution in [0.15, 0.2) is 81.9 Å². The van der Waals surface area contributed by atoms with Crippen molar-refractivity contribution >= 4 is 43.9 Å². The summed E-state index contributed by atoms with van der Waals surface area (Å²) in [6, 6.07) is 17.5. The lowest BCUT2D eigenvalue weighted by Crippen LogP contribution is -2.14. The predicted molar refractivity (Wildman–Crippen MR) is 154 cm³/mol. The second-order valence-electron chi connectivity index (χ2n) is 9.00. The van der Waals surface area contributed by atoms with E-state index < -0.39 is 27.9 Å². The Morgan fingerprint density at radius 1 is 0.878 bits per heavy atom. The van der Waals surface area contributed by atoms with Crippen LogP contribution < -0.4 is 19.5 Å². The summed E-state index contributed by atoms with van der Waals surface area (Å²) in [5.74, 6) is 0.301. The molecule has 11 nitrogen and oxygen atoms in total. The zero-order chi connectivity index (χ0) is 29.7. The van der Waals surface area contributed by atoms with Crippen molar-refractivity contribution in [3.05, 3.63) is 72.3 Å². The molecule has 0 bridgehead atoms. The fourth-order valence-corrected chi connectivity index (χ4v) is 5.30. The first-order valence-electron chi connectivity index (χ1n) is 12.4. The minimum Gasteiger partial charge on any atom is -0.505 e. The van der Waals surface area contributed by atoms with Crippen molar-refractivity contribution in [1.29, 1.82) is 0 Å². The summed E-state index contributed by atoms with van der Waals surface area (Å²) >= 11 is 0. The van der Waals surface area contributed by atoms with Crippen molar-refractivity contribution in [2.24, 2.45) is 10.2 Å². The molecule has 12 heteroatoms. The molecule has 0 aromatic heterocycles. The van der Waals surface area contributed by atoms with Gasteiger partial charge in [-0.1, -0.05) is 6.07 Å². The standard InChI is InChI=1S/C29H29N3O8S/c1-17(2)40-41(35,36)25-16-18-15-20(30-29(34)26-23(38-4)7-6-8-24(26)39-5)11-14-22(18)28(33)27(25)32-31-19-9-12-21(37-3)13-10-19/h6-17,33H,1-5H3,(H,30,34). The molecule has 0 fully saturated rings. The number of nitrogens with one attached hydrogen (secondary N) is 1. The van der Waals surface area contributed by atoms with Crippen LogP contribution in [0.5, 0.6) is 23.0 Å². The number of carbonyl (C=O) groups excluding carboxylic acids is 1. The number of carbonyl (C=O) groups is 1. The molecule has 0 heterocycles. The van der Waals surface area contributed by atoms with E-state index >= 15 is 0 Å². The maximum Gasteiger partial charge on any atom is 0.299 e. The number of benzene rings is 4. The zero-order valence-corrected chi connectivity index (χ0v) is 23.9. The largest absolute Gasteiger partial charge is 0.505 e. The van der Waals surface area contributed by atoms with Crippen LogP contribution in [0.4, 0.5) is 17.1 Å². The van der Waals surface area contributed by atoms with Crippen LogP contribution in [0.25, 0.3) is 10.8 Å². The van der Waals surface area contributed by atoms with Gasteiger partial charge in [0, 0.05) is 11.1 Å².